The molecule has 0 radical (unpaired) electrons. The summed E-state index contributed by atoms with van der Waals surface area (Å²) in [4.78, 5) is 10.0. The fourth-order valence-electron chi connectivity index (χ4n) is 2.20. The van der Waals surface area contributed by atoms with Crippen LogP contribution in [0.2, 0.25) is 0 Å². The van der Waals surface area contributed by atoms with Gasteiger partial charge in [0.05, 0.1) is 12.2 Å². The lowest BCUT2D eigenvalue weighted by molar-refractivity contribution is 0.676. The number of hydrogen-bond acceptors (Lipinski definition) is 5. The molecule has 2 rings (SSSR count). The normalized spacial score (nSPS) is 11.0. The van der Waals surface area contributed by atoms with E-state index in [0.29, 0.717) is 0 Å². The summed E-state index contributed by atoms with van der Waals surface area (Å²) in [5, 5.41) is 6.80. The Hall–Kier alpha value is -0.910. The molecule has 0 aliphatic heterocycles. The third-order valence-electron chi connectivity index (χ3n) is 3.39. The molecule has 0 bridgehead atoms. The Balaban J connectivity index is 2.09. The lowest BCUT2D eigenvalue weighted by atomic mass is 10.3. The lowest BCUT2D eigenvalue weighted by Gasteiger charge is -2.18. The van der Waals surface area contributed by atoms with Crippen LogP contribution >= 0.6 is 22.7 Å². The van der Waals surface area contributed by atoms with Gasteiger partial charge in [0, 0.05) is 22.8 Å². The molecule has 0 amide bonds. The van der Waals surface area contributed by atoms with Crippen LogP contribution < -0.4 is 10.2 Å². The summed E-state index contributed by atoms with van der Waals surface area (Å²) in [6, 6.07) is 4.32. The summed E-state index contributed by atoms with van der Waals surface area (Å²) in [5.74, 6) is 0. The number of nitrogens with zero attached hydrogens (tertiary/aromatic N) is 2. The van der Waals surface area contributed by atoms with Crippen LogP contribution in [0.4, 0.5) is 5.13 Å². The minimum Gasteiger partial charge on any atom is -0.343 e. The summed E-state index contributed by atoms with van der Waals surface area (Å²) in [6.07, 6.45) is 2.18. The van der Waals surface area contributed by atoms with E-state index < -0.39 is 0 Å². The standard InChI is InChI=1S/C16H25N3S2/c1-4-9-17-11-15-14(5-2)18-16(21-15)19(6-3)12-13-8-7-10-20-13/h7-8,10,17H,4-6,9,11-12H2,1-3H3. The highest BCUT2D eigenvalue weighted by molar-refractivity contribution is 7.15. The quantitative estimate of drug-likeness (QED) is 0.698. The third kappa shape index (κ3) is 4.53. The Kier molecular flexibility index (Phi) is 6.67. The van der Waals surface area contributed by atoms with Gasteiger partial charge in [0.2, 0.25) is 0 Å². The molecule has 0 unspecified atom stereocenters. The molecular weight excluding hydrogens is 298 g/mol. The zero-order valence-electron chi connectivity index (χ0n) is 13.2. The minimum atomic E-state index is 0.950. The second-order valence-electron chi connectivity index (χ2n) is 4.99. The first kappa shape index (κ1) is 16.5. The summed E-state index contributed by atoms with van der Waals surface area (Å²) < 4.78 is 0. The molecule has 0 aliphatic rings. The average molecular weight is 324 g/mol. The van der Waals surface area contributed by atoms with Crippen LogP contribution in [-0.4, -0.2) is 18.1 Å². The van der Waals surface area contributed by atoms with Crippen molar-refractivity contribution in [3.05, 3.63) is 33.0 Å². The summed E-state index contributed by atoms with van der Waals surface area (Å²) in [5.41, 5.74) is 1.25. The van der Waals surface area contributed by atoms with E-state index in [1.807, 2.05) is 22.7 Å². The van der Waals surface area contributed by atoms with Gasteiger partial charge in [0.25, 0.3) is 0 Å². The first-order valence-electron chi connectivity index (χ1n) is 7.75. The van der Waals surface area contributed by atoms with E-state index in [4.69, 9.17) is 4.98 Å². The fraction of sp³-hybridized carbons (Fsp3) is 0.562. The maximum atomic E-state index is 4.87. The molecule has 2 heterocycles. The number of thiazole rings is 1. The van der Waals surface area contributed by atoms with E-state index in [9.17, 15) is 0 Å². The van der Waals surface area contributed by atoms with Crippen molar-refractivity contribution in [1.82, 2.24) is 10.3 Å². The molecule has 3 nitrogen and oxygen atoms in total. The molecule has 116 valence electrons. The molecule has 5 heteroatoms. The van der Waals surface area contributed by atoms with Crippen LogP contribution in [0.1, 0.15) is 42.6 Å². The highest BCUT2D eigenvalue weighted by Gasteiger charge is 2.15. The number of hydrogen-bond donors (Lipinski definition) is 1. The zero-order valence-corrected chi connectivity index (χ0v) is 14.8. The molecule has 21 heavy (non-hydrogen) atoms. The second kappa shape index (κ2) is 8.51. The Labute approximate surface area is 136 Å². The van der Waals surface area contributed by atoms with Gasteiger partial charge in [-0.2, -0.15) is 0 Å². The van der Waals surface area contributed by atoms with Crippen molar-refractivity contribution in [3.8, 4) is 0 Å². The lowest BCUT2D eigenvalue weighted by Crippen LogP contribution is -2.21. The van der Waals surface area contributed by atoms with E-state index in [-0.39, 0.29) is 0 Å². The molecule has 0 spiro atoms. The molecule has 2 aromatic rings. The smallest absolute Gasteiger partial charge is 0.186 e. The predicted octanol–water partition coefficient (Wildman–Crippen LogP) is 4.29. The maximum Gasteiger partial charge on any atom is 0.186 e. The molecule has 0 saturated heterocycles. The number of aryl methyl sites for hydroxylation is 1. The number of aromatic nitrogens is 1. The van der Waals surface area contributed by atoms with Crippen LogP contribution in [0.5, 0.6) is 0 Å². The highest BCUT2D eigenvalue weighted by atomic mass is 32.1. The second-order valence-corrected chi connectivity index (χ2v) is 7.08. The zero-order chi connectivity index (χ0) is 15.1. The first-order chi connectivity index (χ1) is 10.3. The molecule has 1 N–H and O–H groups in total. The number of rotatable bonds is 9. The van der Waals surface area contributed by atoms with E-state index in [1.165, 1.54) is 21.9 Å². The third-order valence-corrected chi connectivity index (χ3v) is 5.41. The topological polar surface area (TPSA) is 28.2 Å². The number of anilines is 1. The Bertz CT molecular complexity index is 520. The van der Waals surface area contributed by atoms with Gasteiger partial charge in [0.15, 0.2) is 5.13 Å². The van der Waals surface area contributed by atoms with Crippen LogP contribution in [0.25, 0.3) is 0 Å². The van der Waals surface area contributed by atoms with Crippen molar-refractivity contribution in [1.29, 1.82) is 0 Å². The fourth-order valence-corrected chi connectivity index (χ4v) is 4.10. The van der Waals surface area contributed by atoms with Gasteiger partial charge in [-0.3, -0.25) is 0 Å². The molecule has 0 atom stereocenters. The summed E-state index contributed by atoms with van der Waals surface area (Å²) in [7, 11) is 0. The Morgan fingerprint density at radius 1 is 1.29 bits per heavy atom. The average Bonchev–Trinajstić information content (AvgIpc) is 3.14. The van der Waals surface area contributed by atoms with Crippen molar-refractivity contribution >= 4 is 27.8 Å². The van der Waals surface area contributed by atoms with Crippen LogP contribution in [0, 0.1) is 0 Å². The minimum absolute atomic E-state index is 0.950. The van der Waals surface area contributed by atoms with Crippen molar-refractivity contribution < 1.29 is 0 Å². The van der Waals surface area contributed by atoms with Crippen molar-refractivity contribution in [2.45, 2.75) is 46.7 Å². The van der Waals surface area contributed by atoms with Gasteiger partial charge in [0.1, 0.15) is 0 Å². The van der Waals surface area contributed by atoms with Gasteiger partial charge in [-0.15, -0.1) is 22.7 Å². The Morgan fingerprint density at radius 3 is 2.76 bits per heavy atom. The van der Waals surface area contributed by atoms with Crippen LogP contribution in [0.15, 0.2) is 17.5 Å². The van der Waals surface area contributed by atoms with Gasteiger partial charge < -0.3 is 10.2 Å². The van der Waals surface area contributed by atoms with Crippen molar-refractivity contribution in [2.24, 2.45) is 0 Å². The molecule has 0 fully saturated rings. The van der Waals surface area contributed by atoms with E-state index in [1.54, 1.807) is 0 Å². The van der Waals surface area contributed by atoms with E-state index in [2.05, 4.69) is 48.5 Å². The molecule has 2 aromatic heterocycles. The van der Waals surface area contributed by atoms with Gasteiger partial charge >= 0.3 is 0 Å². The number of nitrogens with one attached hydrogen (secondary N) is 1. The summed E-state index contributed by atoms with van der Waals surface area (Å²) >= 11 is 3.66. The highest BCUT2D eigenvalue weighted by Crippen LogP contribution is 2.28. The van der Waals surface area contributed by atoms with Crippen LogP contribution in [0.3, 0.4) is 0 Å². The molecule has 0 saturated carbocycles. The van der Waals surface area contributed by atoms with Gasteiger partial charge in [-0.05, 0) is 37.8 Å². The molecular formula is C16H25N3S2. The van der Waals surface area contributed by atoms with E-state index in [0.717, 1.165) is 37.7 Å². The maximum absolute atomic E-state index is 4.87. The van der Waals surface area contributed by atoms with Gasteiger partial charge in [-0.1, -0.05) is 19.9 Å². The SMILES string of the molecule is CCCNCc1sc(N(CC)Cc2cccs2)nc1CC. The summed E-state index contributed by atoms with van der Waals surface area (Å²) in [6.45, 7) is 10.6. The Morgan fingerprint density at radius 2 is 2.14 bits per heavy atom. The monoisotopic (exact) mass is 323 g/mol. The largest absolute Gasteiger partial charge is 0.343 e. The first-order valence-corrected chi connectivity index (χ1v) is 9.44. The molecule has 0 aliphatic carbocycles. The number of thiophene rings is 1. The molecule has 0 aromatic carbocycles. The van der Waals surface area contributed by atoms with Crippen molar-refractivity contribution in [3.63, 3.8) is 0 Å². The van der Waals surface area contributed by atoms with Crippen LogP contribution in [-0.2, 0) is 19.5 Å². The van der Waals surface area contributed by atoms with E-state index >= 15 is 0 Å². The predicted molar refractivity (Wildman–Crippen MR) is 94.5 cm³/mol. The van der Waals surface area contributed by atoms with Gasteiger partial charge in [-0.25, -0.2) is 4.98 Å². The van der Waals surface area contributed by atoms with Crippen molar-refractivity contribution in [2.75, 3.05) is 18.0 Å².